The van der Waals surface area contributed by atoms with Gasteiger partial charge in [0.1, 0.15) is 5.76 Å². The molecular weight excluding hydrogens is 316 g/mol. The lowest BCUT2D eigenvalue weighted by atomic mass is 10.0. The Morgan fingerprint density at radius 3 is 2.72 bits per heavy atom. The molecule has 2 aromatic carbocycles. The van der Waals surface area contributed by atoms with Crippen LogP contribution in [0.5, 0.6) is 0 Å². The van der Waals surface area contributed by atoms with E-state index in [1.54, 1.807) is 12.1 Å². The van der Waals surface area contributed by atoms with Gasteiger partial charge in [0.25, 0.3) is 5.69 Å². The van der Waals surface area contributed by atoms with Crippen LogP contribution in [-0.2, 0) is 13.0 Å². The van der Waals surface area contributed by atoms with Crippen LogP contribution in [0.15, 0.2) is 66.1 Å². The molecule has 0 bridgehead atoms. The summed E-state index contributed by atoms with van der Waals surface area (Å²) in [5.74, 6) is 0.461. The number of aliphatic hydroxyl groups excluding tert-OH is 1. The summed E-state index contributed by atoms with van der Waals surface area (Å²) >= 11 is 0. The highest BCUT2D eigenvalue weighted by Crippen LogP contribution is 2.32. The molecule has 0 unspecified atom stereocenters. The molecule has 1 saturated carbocycles. The highest BCUT2D eigenvalue weighted by atomic mass is 16.6. The summed E-state index contributed by atoms with van der Waals surface area (Å²) in [7, 11) is 0. The van der Waals surface area contributed by atoms with E-state index in [-0.39, 0.29) is 10.6 Å². The standard InChI is InChI=1S/C20H18N2O3/c23-20(15-8-9-15)13-21-12-16(18-6-1-2-7-19(18)21)10-14-4-3-5-17(11-14)22(24)25/h1-7,11-12,23H,8-10,13H2. The number of para-hydroxylation sites is 1. The van der Waals surface area contributed by atoms with Crippen molar-refractivity contribution >= 4 is 16.6 Å². The summed E-state index contributed by atoms with van der Waals surface area (Å²) < 4.78 is 2.06. The molecule has 5 heteroatoms. The van der Waals surface area contributed by atoms with E-state index in [2.05, 4.69) is 10.6 Å². The van der Waals surface area contributed by atoms with Crippen LogP contribution < -0.4 is 0 Å². The molecule has 0 saturated heterocycles. The topological polar surface area (TPSA) is 68.3 Å². The molecule has 0 spiro atoms. The minimum atomic E-state index is -0.368. The maximum Gasteiger partial charge on any atom is 0.269 e. The van der Waals surface area contributed by atoms with Crippen molar-refractivity contribution in [2.24, 2.45) is 0 Å². The lowest BCUT2D eigenvalue weighted by Gasteiger charge is -2.04. The molecule has 3 aromatic rings. The number of nitro benzene ring substituents is 1. The fourth-order valence-electron chi connectivity index (χ4n) is 3.22. The zero-order chi connectivity index (χ0) is 17.4. The number of rotatable bonds is 5. The van der Waals surface area contributed by atoms with E-state index in [1.807, 2.05) is 30.5 Å². The monoisotopic (exact) mass is 334 g/mol. The van der Waals surface area contributed by atoms with Crippen molar-refractivity contribution < 1.29 is 10.0 Å². The first-order chi connectivity index (χ1) is 12.1. The molecule has 4 rings (SSSR count). The van der Waals surface area contributed by atoms with Crippen molar-refractivity contribution in [3.8, 4) is 0 Å². The maximum atomic E-state index is 11.0. The zero-order valence-corrected chi connectivity index (χ0v) is 13.7. The Kier molecular flexibility index (Phi) is 3.76. The van der Waals surface area contributed by atoms with Crippen molar-refractivity contribution in [3.05, 3.63) is 87.3 Å². The predicted octanol–water partition coefficient (Wildman–Crippen LogP) is 4.75. The van der Waals surface area contributed by atoms with Gasteiger partial charge < -0.3 is 9.67 Å². The number of non-ortho nitro benzene ring substituents is 1. The Labute approximate surface area is 145 Å². The third kappa shape index (κ3) is 3.13. The van der Waals surface area contributed by atoms with Gasteiger partial charge in [-0.1, -0.05) is 30.3 Å². The summed E-state index contributed by atoms with van der Waals surface area (Å²) in [6, 6.07) is 14.8. The number of aliphatic hydroxyl groups is 1. The Bertz CT molecular complexity index is 995. The lowest BCUT2D eigenvalue weighted by Crippen LogP contribution is -1.99. The van der Waals surface area contributed by atoms with Crippen LogP contribution >= 0.6 is 0 Å². The van der Waals surface area contributed by atoms with Crippen LogP contribution in [0.1, 0.15) is 24.0 Å². The number of benzene rings is 2. The van der Waals surface area contributed by atoms with Crippen LogP contribution in [0.2, 0.25) is 0 Å². The van der Waals surface area contributed by atoms with Crippen LogP contribution in [0.4, 0.5) is 5.69 Å². The first-order valence-electron chi connectivity index (χ1n) is 8.32. The second-order valence-electron chi connectivity index (χ2n) is 6.45. The Morgan fingerprint density at radius 2 is 1.96 bits per heavy atom. The fraction of sp³-hybridized carbons (Fsp3) is 0.200. The van der Waals surface area contributed by atoms with Crippen molar-refractivity contribution in [3.63, 3.8) is 0 Å². The number of hydrogen-bond acceptors (Lipinski definition) is 3. The molecule has 1 aromatic heterocycles. The summed E-state index contributed by atoms with van der Waals surface area (Å²) in [5, 5.41) is 22.3. The highest BCUT2D eigenvalue weighted by Gasteiger charge is 2.18. The van der Waals surface area contributed by atoms with E-state index in [0.717, 1.165) is 40.4 Å². The number of nitro groups is 1. The molecule has 0 radical (unpaired) electrons. The quantitative estimate of drug-likeness (QED) is 0.416. The average Bonchev–Trinajstić information content (AvgIpc) is 3.41. The molecule has 1 N–H and O–H groups in total. The maximum absolute atomic E-state index is 11.0. The van der Waals surface area contributed by atoms with Gasteiger partial charge >= 0.3 is 0 Å². The summed E-state index contributed by atoms with van der Waals surface area (Å²) in [4.78, 5) is 10.6. The van der Waals surface area contributed by atoms with Gasteiger partial charge in [-0.05, 0) is 42.0 Å². The van der Waals surface area contributed by atoms with E-state index in [0.29, 0.717) is 18.7 Å². The van der Waals surface area contributed by atoms with Crippen molar-refractivity contribution in [2.75, 3.05) is 0 Å². The van der Waals surface area contributed by atoms with E-state index in [9.17, 15) is 15.2 Å². The van der Waals surface area contributed by atoms with Gasteiger partial charge in [0, 0.05) is 29.2 Å². The minimum Gasteiger partial charge on any atom is -0.510 e. The summed E-state index contributed by atoms with van der Waals surface area (Å²) in [5.41, 5.74) is 4.32. The van der Waals surface area contributed by atoms with Gasteiger partial charge in [-0.25, -0.2) is 0 Å². The van der Waals surface area contributed by atoms with Gasteiger partial charge in [-0.3, -0.25) is 10.1 Å². The Hall–Kier alpha value is -3.08. The van der Waals surface area contributed by atoms with Crippen molar-refractivity contribution in [2.45, 2.75) is 25.8 Å². The second-order valence-corrected chi connectivity index (χ2v) is 6.45. The third-order valence-corrected chi connectivity index (χ3v) is 4.62. The number of fused-ring (bicyclic) bond motifs is 1. The summed E-state index contributed by atoms with van der Waals surface area (Å²) in [6.07, 6.45) is 4.65. The Balaban J connectivity index is 1.71. The van der Waals surface area contributed by atoms with E-state index in [4.69, 9.17) is 0 Å². The molecule has 126 valence electrons. The molecule has 1 heterocycles. The normalized spacial score (nSPS) is 13.2. The third-order valence-electron chi connectivity index (χ3n) is 4.62. The number of allylic oxidation sites excluding steroid dienone is 2. The molecular formula is C20H18N2O3. The van der Waals surface area contributed by atoms with E-state index < -0.39 is 0 Å². The van der Waals surface area contributed by atoms with Crippen LogP contribution in [0.25, 0.3) is 10.9 Å². The van der Waals surface area contributed by atoms with Crippen LogP contribution in [-0.4, -0.2) is 14.6 Å². The Morgan fingerprint density at radius 1 is 1.16 bits per heavy atom. The molecule has 25 heavy (non-hydrogen) atoms. The first-order valence-corrected chi connectivity index (χ1v) is 8.32. The number of nitrogens with zero attached hydrogens (tertiary/aromatic N) is 2. The molecule has 0 atom stereocenters. The van der Waals surface area contributed by atoms with Crippen LogP contribution in [0, 0.1) is 10.1 Å². The minimum absolute atomic E-state index is 0.109. The zero-order valence-electron chi connectivity index (χ0n) is 13.7. The molecule has 1 aliphatic carbocycles. The molecule has 5 nitrogen and oxygen atoms in total. The number of aromatic nitrogens is 1. The SMILES string of the molecule is O=[N+]([O-])c1cccc(Cc2cn(CC(O)=C3CC3)c3ccccc23)c1. The molecule has 0 aliphatic heterocycles. The number of hydrogen-bond donors (Lipinski definition) is 1. The van der Waals surface area contributed by atoms with Crippen molar-refractivity contribution in [1.82, 2.24) is 4.57 Å². The average molecular weight is 334 g/mol. The molecule has 1 fully saturated rings. The predicted molar refractivity (Wildman–Crippen MR) is 96.7 cm³/mol. The first kappa shape index (κ1) is 15.4. The van der Waals surface area contributed by atoms with E-state index in [1.165, 1.54) is 6.07 Å². The fourth-order valence-corrected chi connectivity index (χ4v) is 3.22. The van der Waals surface area contributed by atoms with Crippen molar-refractivity contribution in [1.29, 1.82) is 0 Å². The van der Waals surface area contributed by atoms with Gasteiger partial charge in [-0.15, -0.1) is 0 Å². The van der Waals surface area contributed by atoms with Gasteiger partial charge in [0.2, 0.25) is 0 Å². The van der Waals surface area contributed by atoms with E-state index >= 15 is 0 Å². The highest BCUT2D eigenvalue weighted by molar-refractivity contribution is 5.84. The largest absolute Gasteiger partial charge is 0.510 e. The summed E-state index contributed by atoms with van der Waals surface area (Å²) in [6.45, 7) is 0.477. The second kappa shape index (κ2) is 6.09. The molecule has 1 aliphatic rings. The molecule has 0 amide bonds. The lowest BCUT2D eigenvalue weighted by molar-refractivity contribution is -0.384. The van der Waals surface area contributed by atoms with Gasteiger partial charge in [0.05, 0.1) is 11.5 Å². The smallest absolute Gasteiger partial charge is 0.269 e. The van der Waals surface area contributed by atoms with Crippen LogP contribution in [0.3, 0.4) is 0 Å². The van der Waals surface area contributed by atoms with Gasteiger partial charge in [-0.2, -0.15) is 0 Å². The van der Waals surface area contributed by atoms with Gasteiger partial charge in [0.15, 0.2) is 0 Å².